The minimum atomic E-state index is 0.203. The molecule has 6 nitrogen and oxygen atoms in total. The summed E-state index contributed by atoms with van der Waals surface area (Å²) in [5.41, 5.74) is 7.41. The highest BCUT2D eigenvalue weighted by Gasteiger charge is 2.23. The molecule has 2 aromatic carbocycles. The fraction of sp³-hybridized carbons (Fsp3) is 0.308. The molecule has 0 saturated carbocycles. The van der Waals surface area contributed by atoms with Gasteiger partial charge < -0.3 is 10.0 Å². The molecule has 170 valence electrons. The van der Waals surface area contributed by atoms with E-state index in [1.165, 1.54) is 9.13 Å². The molecule has 0 bridgehead atoms. The van der Waals surface area contributed by atoms with Crippen molar-refractivity contribution in [1.29, 1.82) is 0 Å². The number of piperazine rings is 1. The second-order valence-corrected chi connectivity index (χ2v) is 9.88. The molecule has 1 aliphatic rings. The number of aromatic nitrogens is 3. The van der Waals surface area contributed by atoms with Crippen LogP contribution in [0.15, 0.2) is 54.6 Å². The van der Waals surface area contributed by atoms with Crippen LogP contribution in [0.2, 0.25) is 0 Å². The first-order valence-electron chi connectivity index (χ1n) is 11.3. The van der Waals surface area contributed by atoms with Gasteiger partial charge in [0.25, 0.3) is 0 Å². The van der Waals surface area contributed by atoms with Crippen molar-refractivity contribution in [1.82, 2.24) is 19.5 Å². The molecule has 7 heteroatoms. The Hall–Kier alpha value is -2.49. The van der Waals surface area contributed by atoms with E-state index in [0.717, 1.165) is 72.3 Å². The molecule has 2 aromatic heterocycles. The van der Waals surface area contributed by atoms with E-state index >= 15 is 0 Å². The summed E-state index contributed by atoms with van der Waals surface area (Å²) < 4.78 is 3.23. The third-order valence-corrected chi connectivity index (χ3v) is 6.88. The molecule has 4 aromatic rings. The lowest BCUT2D eigenvalue weighted by molar-refractivity contribution is 0.188. The first-order chi connectivity index (χ1) is 16.0. The van der Waals surface area contributed by atoms with Crippen molar-refractivity contribution in [3.63, 3.8) is 0 Å². The zero-order valence-corrected chi connectivity index (χ0v) is 21.2. The van der Waals surface area contributed by atoms with Crippen LogP contribution in [0.4, 0.5) is 5.82 Å². The maximum atomic E-state index is 9.31. The Morgan fingerprint density at radius 3 is 2.39 bits per heavy atom. The molecule has 0 spiro atoms. The monoisotopic (exact) mass is 553 g/mol. The highest BCUT2D eigenvalue weighted by Crippen LogP contribution is 2.34. The zero-order valence-electron chi connectivity index (χ0n) is 19.0. The van der Waals surface area contributed by atoms with Crippen molar-refractivity contribution in [3.8, 4) is 22.4 Å². The molecule has 0 aliphatic carbocycles. The number of benzene rings is 2. The molecule has 33 heavy (non-hydrogen) atoms. The van der Waals surface area contributed by atoms with E-state index in [1.54, 1.807) is 0 Å². The summed E-state index contributed by atoms with van der Waals surface area (Å²) in [6.07, 6.45) is 0. The molecule has 1 fully saturated rings. The predicted octanol–water partition coefficient (Wildman–Crippen LogP) is 4.40. The van der Waals surface area contributed by atoms with Crippen molar-refractivity contribution in [2.75, 3.05) is 44.2 Å². The molecule has 0 amide bonds. The minimum Gasteiger partial charge on any atom is -0.395 e. The molecular weight excluding hydrogens is 525 g/mol. The molecule has 5 rings (SSSR count). The number of aryl methyl sites for hydroxylation is 2. The van der Waals surface area contributed by atoms with Crippen molar-refractivity contribution < 1.29 is 5.11 Å². The standard InChI is InChI=1S/C26H28IN5O/c1-18-14-21(16-22(27)15-18)25-19(2)29-32-24(31-10-8-30(9-11-31)12-13-33)17-23(28-26(25)32)20-6-4-3-5-7-20/h3-7,14-17,33H,8-13H2,1-2H3. The van der Waals surface area contributed by atoms with Crippen molar-refractivity contribution in [2.45, 2.75) is 13.8 Å². The Morgan fingerprint density at radius 1 is 0.939 bits per heavy atom. The summed E-state index contributed by atoms with van der Waals surface area (Å²) in [5, 5.41) is 14.3. The number of aliphatic hydroxyl groups excluding tert-OH is 1. The Morgan fingerprint density at radius 2 is 1.70 bits per heavy atom. The average molecular weight is 553 g/mol. The van der Waals surface area contributed by atoms with Gasteiger partial charge in [0.1, 0.15) is 5.82 Å². The van der Waals surface area contributed by atoms with Gasteiger partial charge in [0, 0.05) is 53.5 Å². The van der Waals surface area contributed by atoms with E-state index in [2.05, 4.69) is 94.8 Å². The third-order valence-electron chi connectivity index (χ3n) is 6.26. The molecule has 0 atom stereocenters. The topological polar surface area (TPSA) is 56.9 Å². The second kappa shape index (κ2) is 9.40. The zero-order chi connectivity index (χ0) is 22.9. The summed E-state index contributed by atoms with van der Waals surface area (Å²) >= 11 is 2.38. The molecular formula is C26H28IN5O. The lowest BCUT2D eigenvalue weighted by Gasteiger charge is -2.35. The molecule has 0 unspecified atom stereocenters. The van der Waals surface area contributed by atoms with E-state index in [1.807, 2.05) is 10.6 Å². The van der Waals surface area contributed by atoms with Gasteiger partial charge >= 0.3 is 0 Å². The molecule has 1 aliphatic heterocycles. The molecule has 1 saturated heterocycles. The van der Waals surface area contributed by atoms with Crippen LogP contribution in [-0.2, 0) is 0 Å². The van der Waals surface area contributed by atoms with Crippen molar-refractivity contribution in [2.24, 2.45) is 0 Å². The second-order valence-electron chi connectivity index (χ2n) is 8.63. The van der Waals surface area contributed by atoms with Crippen LogP contribution >= 0.6 is 22.6 Å². The van der Waals surface area contributed by atoms with Gasteiger partial charge in [-0.3, -0.25) is 4.90 Å². The number of halogens is 1. The van der Waals surface area contributed by atoms with Gasteiger partial charge in [0.2, 0.25) is 0 Å². The normalized spacial score (nSPS) is 14.8. The van der Waals surface area contributed by atoms with Crippen molar-refractivity contribution in [3.05, 3.63) is 69.4 Å². The van der Waals surface area contributed by atoms with E-state index in [9.17, 15) is 5.11 Å². The summed E-state index contributed by atoms with van der Waals surface area (Å²) in [4.78, 5) is 9.83. The quantitative estimate of drug-likeness (QED) is 0.372. The smallest absolute Gasteiger partial charge is 0.166 e. The van der Waals surface area contributed by atoms with Gasteiger partial charge in [-0.05, 0) is 59.7 Å². The largest absolute Gasteiger partial charge is 0.395 e. The van der Waals surface area contributed by atoms with Crippen LogP contribution in [0.1, 0.15) is 11.3 Å². The van der Waals surface area contributed by atoms with E-state index in [-0.39, 0.29) is 6.61 Å². The Balaban J connectivity index is 1.68. The lowest BCUT2D eigenvalue weighted by Crippen LogP contribution is -2.47. The molecule has 3 heterocycles. The maximum absolute atomic E-state index is 9.31. The third kappa shape index (κ3) is 4.49. The van der Waals surface area contributed by atoms with Crippen molar-refractivity contribution >= 4 is 34.1 Å². The number of anilines is 1. The Bertz CT molecular complexity index is 1260. The first kappa shape index (κ1) is 22.3. The number of β-amino-alcohol motifs (C(OH)–C–C–N with tert-alkyl or cyclic N) is 1. The van der Waals surface area contributed by atoms with Gasteiger partial charge in [0.15, 0.2) is 5.65 Å². The van der Waals surface area contributed by atoms with Crippen LogP contribution < -0.4 is 4.90 Å². The summed E-state index contributed by atoms with van der Waals surface area (Å²) in [5.74, 6) is 1.07. The number of hydrogen-bond donors (Lipinski definition) is 1. The Labute approximate surface area is 208 Å². The average Bonchev–Trinajstić information content (AvgIpc) is 3.15. The summed E-state index contributed by atoms with van der Waals surface area (Å²) in [7, 11) is 0. The number of nitrogens with zero attached hydrogens (tertiary/aromatic N) is 5. The minimum absolute atomic E-state index is 0.203. The van der Waals surface area contributed by atoms with Crippen LogP contribution in [0.3, 0.4) is 0 Å². The number of aliphatic hydroxyl groups is 1. The Kier molecular flexibility index (Phi) is 6.36. The predicted molar refractivity (Wildman–Crippen MR) is 142 cm³/mol. The number of rotatable bonds is 5. The van der Waals surface area contributed by atoms with Gasteiger partial charge in [-0.15, -0.1) is 0 Å². The fourth-order valence-corrected chi connectivity index (χ4v) is 5.48. The number of hydrogen-bond acceptors (Lipinski definition) is 5. The number of fused-ring (bicyclic) bond motifs is 1. The molecule has 1 N–H and O–H groups in total. The van der Waals surface area contributed by atoms with Crippen LogP contribution in [0, 0.1) is 17.4 Å². The van der Waals surface area contributed by atoms with Gasteiger partial charge in [0.05, 0.1) is 18.0 Å². The van der Waals surface area contributed by atoms with Gasteiger partial charge in [-0.1, -0.05) is 36.4 Å². The lowest BCUT2D eigenvalue weighted by atomic mass is 10.0. The van der Waals surface area contributed by atoms with Crippen LogP contribution in [0.5, 0.6) is 0 Å². The van der Waals surface area contributed by atoms with E-state index in [0.29, 0.717) is 0 Å². The highest BCUT2D eigenvalue weighted by atomic mass is 127. The van der Waals surface area contributed by atoms with Gasteiger partial charge in [-0.25, -0.2) is 4.98 Å². The van der Waals surface area contributed by atoms with Crippen LogP contribution in [-0.4, -0.2) is 63.9 Å². The summed E-state index contributed by atoms with van der Waals surface area (Å²) in [6.45, 7) is 8.77. The first-order valence-corrected chi connectivity index (χ1v) is 12.4. The fourth-order valence-electron chi connectivity index (χ4n) is 4.65. The van der Waals surface area contributed by atoms with Gasteiger partial charge in [-0.2, -0.15) is 9.61 Å². The SMILES string of the molecule is Cc1cc(I)cc(-c2c(C)nn3c(N4CCN(CCO)CC4)cc(-c4ccccc4)nc23)c1. The van der Waals surface area contributed by atoms with Crippen LogP contribution in [0.25, 0.3) is 28.0 Å². The molecule has 0 radical (unpaired) electrons. The van der Waals surface area contributed by atoms with E-state index in [4.69, 9.17) is 10.1 Å². The highest BCUT2D eigenvalue weighted by molar-refractivity contribution is 14.1. The maximum Gasteiger partial charge on any atom is 0.166 e. The van der Waals surface area contributed by atoms with E-state index < -0.39 is 0 Å². The summed E-state index contributed by atoms with van der Waals surface area (Å²) in [6, 6.07) is 19.1.